The quantitative estimate of drug-likeness (QED) is 0.683. The zero-order chi connectivity index (χ0) is 9.42. The lowest BCUT2D eigenvalue weighted by Gasteiger charge is -1.95. The lowest BCUT2D eigenvalue weighted by molar-refractivity contribution is 0.112. The summed E-state index contributed by atoms with van der Waals surface area (Å²) < 4.78 is 0.618. The second-order valence-corrected chi connectivity index (χ2v) is 3.65. The monoisotopic (exact) mass is 194 g/mol. The maximum atomic E-state index is 10.6. The first-order valence-electron chi connectivity index (χ1n) is 3.62. The van der Waals surface area contributed by atoms with E-state index in [1.165, 1.54) is 18.2 Å². The maximum absolute atomic E-state index is 10.6. The first-order chi connectivity index (χ1) is 6.22. The van der Waals surface area contributed by atoms with Crippen LogP contribution >= 0.6 is 11.3 Å². The molecule has 4 heteroatoms. The van der Waals surface area contributed by atoms with Gasteiger partial charge in [0.15, 0.2) is 11.3 Å². The van der Waals surface area contributed by atoms with Crippen molar-refractivity contribution < 1.29 is 15.0 Å². The molecule has 1 heterocycles. The number of carbonyl (C=O) groups is 1. The molecule has 0 spiro atoms. The van der Waals surface area contributed by atoms with Crippen LogP contribution in [-0.2, 0) is 0 Å². The Hall–Kier alpha value is -1.55. The van der Waals surface area contributed by atoms with Gasteiger partial charge in [0, 0.05) is 17.0 Å². The number of aromatic hydroxyl groups is 2. The van der Waals surface area contributed by atoms with E-state index in [9.17, 15) is 15.0 Å². The molecule has 0 saturated carbocycles. The third-order valence-corrected chi connectivity index (χ3v) is 2.79. The molecule has 0 aliphatic carbocycles. The SMILES string of the molecule is O=Cc1ccc(O)c2cc(O)sc12. The second-order valence-electron chi connectivity index (χ2n) is 2.62. The van der Waals surface area contributed by atoms with Crippen molar-refractivity contribution >= 4 is 27.7 Å². The molecule has 13 heavy (non-hydrogen) atoms. The molecule has 0 radical (unpaired) electrons. The number of phenols is 1. The second kappa shape index (κ2) is 2.74. The molecule has 0 unspecified atom stereocenters. The van der Waals surface area contributed by atoms with Crippen LogP contribution in [0.3, 0.4) is 0 Å². The first kappa shape index (κ1) is 8.07. The van der Waals surface area contributed by atoms with Gasteiger partial charge in [0.05, 0.1) is 4.70 Å². The molecule has 3 nitrogen and oxygen atoms in total. The zero-order valence-electron chi connectivity index (χ0n) is 6.52. The molecular weight excluding hydrogens is 188 g/mol. The largest absolute Gasteiger partial charge is 0.507 e. The summed E-state index contributed by atoms with van der Waals surface area (Å²) in [7, 11) is 0. The van der Waals surface area contributed by atoms with Crippen LogP contribution < -0.4 is 0 Å². The molecule has 0 atom stereocenters. The van der Waals surface area contributed by atoms with Gasteiger partial charge < -0.3 is 10.2 Å². The van der Waals surface area contributed by atoms with Gasteiger partial charge >= 0.3 is 0 Å². The summed E-state index contributed by atoms with van der Waals surface area (Å²) in [4.78, 5) is 10.6. The Morgan fingerprint density at radius 2 is 2.08 bits per heavy atom. The van der Waals surface area contributed by atoms with Gasteiger partial charge in [-0.1, -0.05) is 11.3 Å². The third-order valence-electron chi connectivity index (χ3n) is 1.80. The summed E-state index contributed by atoms with van der Waals surface area (Å²) in [6.07, 6.45) is 0.706. The molecule has 0 aliphatic heterocycles. The molecular formula is C9H6O3S. The number of phenolic OH excluding ortho intramolecular Hbond substituents is 1. The number of rotatable bonds is 1. The fraction of sp³-hybridized carbons (Fsp3) is 0. The molecule has 1 aromatic heterocycles. The maximum Gasteiger partial charge on any atom is 0.172 e. The van der Waals surface area contributed by atoms with Crippen LogP contribution in [0.2, 0.25) is 0 Å². The highest BCUT2D eigenvalue weighted by Gasteiger charge is 2.08. The summed E-state index contributed by atoms with van der Waals surface area (Å²) in [6, 6.07) is 4.42. The minimum absolute atomic E-state index is 0.0807. The number of thiophene rings is 1. The lowest BCUT2D eigenvalue weighted by Crippen LogP contribution is -1.78. The predicted octanol–water partition coefficient (Wildman–Crippen LogP) is 2.13. The van der Waals surface area contributed by atoms with E-state index in [0.717, 1.165) is 11.3 Å². The minimum atomic E-state index is 0.0807. The summed E-state index contributed by atoms with van der Waals surface area (Å²) in [6.45, 7) is 0. The molecule has 1 aromatic carbocycles. The van der Waals surface area contributed by atoms with E-state index < -0.39 is 0 Å². The van der Waals surface area contributed by atoms with Crippen molar-refractivity contribution in [2.75, 3.05) is 0 Å². The number of hydrogen-bond acceptors (Lipinski definition) is 4. The molecule has 0 bridgehead atoms. The van der Waals surface area contributed by atoms with Gasteiger partial charge in [0.2, 0.25) is 0 Å². The van der Waals surface area contributed by atoms with Crippen LogP contribution in [0.25, 0.3) is 10.1 Å². The number of aldehydes is 1. The Morgan fingerprint density at radius 1 is 1.31 bits per heavy atom. The standard InChI is InChI=1S/C9H6O3S/c10-4-5-1-2-7(11)6-3-8(12)13-9(5)6/h1-4,11-12H. The van der Waals surface area contributed by atoms with Crippen molar-refractivity contribution in [3.05, 3.63) is 23.8 Å². The summed E-state index contributed by atoms with van der Waals surface area (Å²) in [5.74, 6) is 0.0807. The van der Waals surface area contributed by atoms with Crippen LogP contribution in [0.1, 0.15) is 10.4 Å². The average molecular weight is 194 g/mol. The Kier molecular flexibility index (Phi) is 1.70. The molecule has 0 fully saturated rings. The topological polar surface area (TPSA) is 57.5 Å². The summed E-state index contributed by atoms with van der Waals surface area (Å²) >= 11 is 1.08. The summed E-state index contributed by atoms with van der Waals surface area (Å²) in [5.41, 5.74) is 0.484. The predicted molar refractivity (Wildman–Crippen MR) is 50.5 cm³/mol. The van der Waals surface area contributed by atoms with Crippen molar-refractivity contribution in [1.29, 1.82) is 0 Å². The van der Waals surface area contributed by atoms with Crippen molar-refractivity contribution in [2.24, 2.45) is 0 Å². The van der Waals surface area contributed by atoms with E-state index in [1.807, 2.05) is 0 Å². The van der Waals surface area contributed by atoms with Crippen molar-refractivity contribution in [3.8, 4) is 10.8 Å². The van der Waals surface area contributed by atoms with Crippen molar-refractivity contribution in [3.63, 3.8) is 0 Å². The minimum Gasteiger partial charge on any atom is -0.507 e. The summed E-state index contributed by atoms with van der Waals surface area (Å²) in [5, 5.41) is 19.2. The Balaban J connectivity index is 2.91. The van der Waals surface area contributed by atoms with Crippen LogP contribution in [0.4, 0.5) is 0 Å². The first-order valence-corrected chi connectivity index (χ1v) is 4.43. The van der Waals surface area contributed by atoms with Crippen molar-refractivity contribution in [1.82, 2.24) is 0 Å². The lowest BCUT2D eigenvalue weighted by atomic mass is 10.2. The van der Waals surface area contributed by atoms with Gasteiger partial charge in [-0.2, -0.15) is 0 Å². The van der Waals surface area contributed by atoms with Gasteiger partial charge in [0.25, 0.3) is 0 Å². The molecule has 66 valence electrons. The highest BCUT2D eigenvalue weighted by molar-refractivity contribution is 7.21. The smallest absolute Gasteiger partial charge is 0.172 e. The number of fused-ring (bicyclic) bond motifs is 1. The molecule has 0 amide bonds. The zero-order valence-corrected chi connectivity index (χ0v) is 7.34. The number of benzene rings is 1. The number of carbonyl (C=O) groups excluding carboxylic acids is 1. The highest BCUT2D eigenvalue weighted by atomic mass is 32.1. The van der Waals surface area contributed by atoms with Crippen molar-refractivity contribution in [2.45, 2.75) is 0 Å². The van der Waals surface area contributed by atoms with Gasteiger partial charge in [-0.15, -0.1) is 0 Å². The molecule has 0 saturated heterocycles. The highest BCUT2D eigenvalue weighted by Crippen LogP contribution is 2.37. The van der Waals surface area contributed by atoms with Gasteiger partial charge in [-0.05, 0) is 12.1 Å². The van der Waals surface area contributed by atoms with Gasteiger partial charge in [-0.3, -0.25) is 4.79 Å². The fourth-order valence-corrected chi connectivity index (χ4v) is 2.10. The average Bonchev–Trinajstić information content (AvgIpc) is 2.48. The van der Waals surface area contributed by atoms with Crippen LogP contribution in [0, 0.1) is 0 Å². The third kappa shape index (κ3) is 1.15. The van der Waals surface area contributed by atoms with E-state index in [0.29, 0.717) is 21.9 Å². The fourth-order valence-electron chi connectivity index (χ4n) is 1.21. The van der Waals surface area contributed by atoms with E-state index in [1.54, 1.807) is 0 Å². The van der Waals surface area contributed by atoms with E-state index in [4.69, 9.17) is 0 Å². The van der Waals surface area contributed by atoms with Gasteiger partial charge in [0.1, 0.15) is 5.75 Å². The molecule has 2 N–H and O–H groups in total. The number of hydrogen-bond donors (Lipinski definition) is 2. The molecule has 2 rings (SSSR count). The van der Waals surface area contributed by atoms with E-state index >= 15 is 0 Å². The normalized spacial score (nSPS) is 10.5. The molecule has 0 aliphatic rings. The Bertz CT molecular complexity index is 473. The van der Waals surface area contributed by atoms with E-state index in [2.05, 4.69) is 0 Å². The van der Waals surface area contributed by atoms with Gasteiger partial charge in [-0.25, -0.2) is 0 Å². The van der Waals surface area contributed by atoms with Crippen LogP contribution in [0.5, 0.6) is 10.8 Å². The Labute approximate surface area is 77.9 Å². The van der Waals surface area contributed by atoms with Crippen LogP contribution in [0.15, 0.2) is 18.2 Å². The van der Waals surface area contributed by atoms with Crippen LogP contribution in [-0.4, -0.2) is 16.5 Å². The molecule has 2 aromatic rings. The van der Waals surface area contributed by atoms with E-state index in [-0.39, 0.29) is 10.8 Å². The Morgan fingerprint density at radius 3 is 2.77 bits per heavy atom.